The maximum atomic E-state index is 10.1. The molecule has 1 rings (SSSR count). The van der Waals surface area contributed by atoms with Crippen molar-refractivity contribution in [1.29, 1.82) is 0 Å². The number of rotatable bonds is 12. The third kappa shape index (κ3) is 15.2. The number of aldehydes is 1. The Kier molecular flexibility index (Phi) is 14.2. The summed E-state index contributed by atoms with van der Waals surface area (Å²) in [6.07, 6.45) is -0.129. The highest BCUT2D eigenvalue weighted by Crippen LogP contribution is 2.22. The van der Waals surface area contributed by atoms with Crippen LogP contribution in [0.4, 0.5) is 0 Å². The van der Waals surface area contributed by atoms with E-state index in [0.29, 0.717) is 12.4 Å². The van der Waals surface area contributed by atoms with Crippen LogP contribution in [-0.2, 0) is 14.4 Å². The third-order valence-electron chi connectivity index (χ3n) is 2.24. The number of carbonyl (C=O) groups is 1. The fourth-order valence-corrected chi connectivity index (χ4v) is 3.27. The summed E-state index contributed by atoms with van der Waals surface area (Å²) in [6, 6.07) is 9.10. The van der Waals surface area contributed by atoms with Crippen LogP contribution in [0, 0.1) is 20.2 Å². The quantitative estimate of drug-likeness (QED) is 0.171. The zero-order valence-electron chi connectivity index (χ0n) is 13.3. The summed E-state index contributed by atoms with van der Waals surface area (Å²) < 4.78 is 4.80. The molecule has 25 heavy (non-hydrogen) atoms. The van der Waals surface area contributed by atoms with Gasteiger partial charge in [-0.2, -0.15) is 0 Å². The van der Waals surface area contributed by atoms with E-state index in [9.17, 15) is 25.0 Å². The van der Waals surface area contributed by atoms with Crippen LogP contribution in [0.3, 0.4) is 0 Å². The van der Waals surface area contributed by atoms with Crippen molar-refractivity contribution in [3.8, 4) is 0 Å². The number of hydrogen-bond acceptors (Lipinski definition) is 10. The molecule has 1 aromatic carbocycles. The highest BCUT2D eigenvalue weighted by atomic mass is 33.1. The second kappa shape index (κ2) is 15.5. The lowest BCUT2D eigenvalue weighted by atomic mass is 10.2. The number of hydrogen-bond donors (Lipinski definition) is 0. The van der Waals surface area contributed by atoms with Gasteiger partial charge < -0.3 is 14.4 Å². The van der Waals surface area contributed by atoms with E-state index in [1.165, 1.54) is 21.6 Å². The van der Waals surface area contributed by atoms with Gasteiger partial charge in [0.15, 0.2) is 0 Å². The van der Waals surface area contributed by atoms with E-state index in [4.69, 9.17) is 4.74 Å². The largest absolute Gasteiger partial charge is 0.384 e. The molecule has 140 valence electrons. The predicted molar refractivity (Wildman–Crippen MR) is 93.4 cm³/mol. The highest BCUT2D eigenvalue weighted by Gasteiger charge is 2.15. The summed E-state index contributed by atoms with van der Waals surface area (Å²) >= 11 is 0. The van der Waals surface area contributed by atoms with Crippen LogP contribution in [0.25, 0.3) is 0 Å². The van der Waals surface area contributed by atoms with Crippen molar-refractivity contribution in [1.82, 2.24) is 0 Å². The van der Waals surface area contributed by atoms with Gasteiger partial charge in [0.25, 0.3) is 10.2 Å². The van der Waals surface area contributed by atoms with Crippen LogP contribution in [0.1, 0.15) is 10.4 Å². The maximum Gasteiger partial charge on any atom is 0.294 e. The zero-order valence-corrected chi connectivity index (χ0v) is 15.0. The van der Waals surface area contributed by atoms with Crippen molar-refractivity contribution in [2.24, 2.45) is 0 Å². The van der Waals surface area contributed by atoms with Gasteiger partial charge in [-0.15, -0.1) is 20.2 Å². The topological polar surface area (TPSA) is 131 Å². The molecule has 0 fully saturated rings. The molecule has 0 aromatic heterocycles. The van der Waals surface area contributed by atoms with Crippen molar-refractivity contribution < 1.29 is 29.4 Å². The number of benzene rings is 1. The van der Waals surface area contributed by atoms with Crippen LogP contribution in [0.5, 0.6) is 0 Å². The first kappa shape index (κ1) is 22.9. The third-order valence-corrected chi connectivity index (χ3v) is 4.66. The molecule has 0 aliphatic heterocycles. The molecule has 0 aliphatic carbocycles. The number of carbonyl (C=O) groups excluding carboxylic acids is 1. The summed E-state index contributed by atoms with van der Waals surface area (Å²) in [5.74, 6) is 0.922. The monoisotopic (exact) mass is 394 g/mol. The van der Waals surface area contributed by atoms with Crippen LogP contribution in [0.15, 0.2) is 30.3 Å². The van der Waals surface area contributed by atoms with E-state index < -0.39 is 22.9 Å². The van der Waals surface area contributed by atoms with E-state index in [-0.39, 0.29) is 5.75 Å². The average Bonchev–Trinajstić information content (AvgIpc) is 2.60. The van der Waals surface area contributed by atoms with Crippen molar-refractivity contribution >= 4 is 27.9 Å². The van der Waals surface area contributed by atoms with Crippen molar-refractivity contribution in [2.45, 2.75) is 6.10 Å². The summed E-state index contributed by atoms with van der Waals surface area (Å²) in [7, 11) is 4.30. The van der Waals surface area contributed by atoms with Crippen LogP contribution < -0.4 is 0 Å². The maximum absolute atomic E-state index is 10.1. The van der Waals surface area contributed by atoms with E-state index >= 15 is 0 Å². The van der Waals surface area contributed by atoms with Crippen LogP contribution in [0.2, 0.25) is 0 Å². The standard InChI is InChI=1S/C7H6O.C6H12N2O7S2/c8-6-7-4-2-1-3-5-7;1-13-2-3-16-17-5-6(15-8(11)12)4-14-7(9)10/h1-6H;6H,2-5H2,1H3. The van der Waals surface area contributed by atoms with Crippen molar-refractivity contribution in [2.75, 3.05) is 31.8 Å². The molecule has 0 spiro atoms. The van der Waals surface area contributed by atoms with Crippen LogP contribution >= 0.6 is 21.6 Å². The molecule has 0 bridgehead atoms. The molecule has 0 heterocycles. The van der Waals surface area contributed by atoms with Gasteiger partial charge in [0.2, 0.25) is 0 Å². The van der Waals surface area contributed by atoms with Gasteiger partial charge >= 0.3 is 0 Å². The van der Waals surface area contributed by atoms with Crippen molar-refractivity contribution in [3.05, 3.63) is 56.1 Å². The molecular weight excluding hydrogens is 376 g/mol. The fraction of sp³-hybridized carbons (Fsp3) is 0.462. The zero-order chi connectivity index (χ0) is 18.9. The Bertz CT molecular complexity index is 506. The average molecular weight is 394 g/mol. The predicted octanol–water partition coefficient (Wildman–Crippen LogP) is 2.30. The first-order valence-electron chi connectivity index (χ1n) is 6.81. The Morgan fingerprint density at radius 3 is 2.32 bits per heavy atom. The van der Waals surface area contributed by atoms with Gasteiger partial charge in [0.05, 0.1) is 6.61 Å². The lowest BCUT2D eigenvalue weighted by Gasteiger charge is -2.12. The molecule has 0 amide bonds. The summed E-state index contributed by atoms with van der Waals surface area (Å²) in [5, 5.41) is 18.0. The lowest BCUT2D eigenvalue weighted by Crippen LogP contribution is -2.26. The molecule has 0 N–H and O–H groups in total. The summed E-state index contributed by atoms with van der Waals surface area (Å²) in [4.78, 5) is 38.3. The normalized spacial score (nSPS) is 10.8. The molecule has 1 aromatic rings. The van der Waals surface area contributed by atoms with Gasteiger partial charge in [-0.05, 0) is 0 Å². The molecule has 1 unspecified atom stereocenters. The van der Waals surface area contributed by atoms with Gasteiger partial charge in [0.1, 0.15) is 19.0 Å². The minimum Gasteiger partial charge on any atom is -0.384 e. The van der Waals surface area contributed by atoms with Gasteiger partial charge in [-0.3, -0.25) is 4.79 Å². The summed E-state index contributed by atoms with van der Waals surface area (Å²) in [6.45, 7) is 0.0929. The SMILES string of the molecule is COCCSSCC(CO[N+](=O)[O-])O[N+](=O)[O-].O=Cc1ccccc1. The molecule has 10 nitrogen and oxygen atoms in total. The van der Waals surface area contributed by atoms with E-state index in [0.717, 1.165) is 11.8 Å². The molecule has 0 aliphatic rings. The minimum atomic E-state index is -1.01. The molecule has 0 saturated carbocycles. The Balaban J connectivity index is 0.000000593. The highest BCUT2D eigenvalue weighted by molar-refractivity contribution is 8.76. The second-order valence-corrected chi connectivity index (χ2v) is 6.73. The number of methoxy groups -OCH3 is 1. The Hall–Kier alpha value is -2.05. The Morgan fingerprint density at radius 2 is 1.84 bits per heavy atom. The Labute approximate surface area is 151 Å². The molecule has 12 heteroatoms. The number of nitrogens with zero attached hydrogens (tertiary/aromatic N) is 2. The van der Waals surface area contributed by atoms with E-state index in [1.807, 2.05) is 18.2 Å². The molecule has 0 radical (unpaired) electrons. The summed E-state index contributed by atoms with van der Waals surface area (Å²) in [5.41, 5.74) is 0.729. The first-order valence-corrected chi connectivity index (χ1v) is 9.30. The number of ether oxygens (including phenoxy) is 1. The Morgan fingerprint density at radius 1 is 1.16 bits per heavy atom. The minimum absolute atomic E-state index is 0.212. The van der Waals surface area contributed by atoms with Gasteiger partial charge in [0, 0.05) is 24.2 Å². The molecular formula is C13H18N2O8S2. The van der Waals surface area contributed by atoms with Gasteiger partial charge in [-0.25, -0.2) is 0 Å². The van der Waals surface area contributed by atoms with Gasteiger partial charge in [-0.1, -0.05) is 51.9 Å². The molecule has 1 atom stereocenters. The van der Waals surface area contributed by atoms with E-state index in [1.54, 1.807) is 19.2 Å². The first-order chi connectivity index (χ1) is 12.0. The van der Waals surface area contributed by atoms with Crippen LogP contribution in [-0.4, -0.2) is 54.4 Å². The molecule has 0 saturated heterocycles. The lowest BCUT2D eigenvalue weighted by molar-refractivity contribution is -0.788. The second-order valence-electron chi connectivity index (χ2n) is 4.10. The smallest absolute Gasteiger partial charge is 0.294 e. The fourth-order valence-electron chi connectivity index (χ4n) is 1.21. The van der Waals surface area contributed by atoms with E-state index in [2.05, 4.69) is 9.68 Å². The van der Waals surface area contributed by atoms with Crippen molar-refractivity contribution in [3.63, 3.8) is 0 Å².